The summed E-state index contributed by atoms with van der Waals surface area (Å²) < 4.78 is 22.5. The van der Waals surface area contributed by atoms with Gasteiger partial charge in [0.2, 0.25) is 0 Å². The monoisotopic (exact) mass is 421 g/mol. The Balaban J connectivity index is 1.86. The third-order valence-corrected chi connectivity index (χ3v) is 8.33. The maximum absolute atomic E-state index is 14.5. The number of hydrogen-bond donors (Lipinski definition) is 1. The Bertz CT molecular complexity index is 1070. The molecule has 0 amide bonds. The van der Waals surface area contributed by atoms with Gasteiger partial charge in [-0.05, 0) is 41.3 Å². The molecule has 0 heterocycles. The number of carboxylic acid groups (broad SMARTS) is 1. The molecule has 0 fully saturated rings. The van der Waals surface area contributed by atoms with Gasteiger partial charge in [0.25, 0.3) is 0 Å². The third-order valence-electron chi connectivity index (χ3n) is 5.57. The van der Waals surface area contributed by atoms with Crippen LogP contribution in [0.4, 0.5) is 0 Å². The molecule has 0 aliphatic heterocycles. The Labute approximate surface area is 176 Å². The van der Waals surface area contributed by atoms with Crippen molar-refractivity contribution in [1.29, 1.82) is 0 Å². The highest BCUT2D eigenvalue weighted by Crippen LogP contribution is 2.58. The largest absolute Gasteiger partial charge is 0.480 e. The summed E-state index contributed by atoms with van der Waals surface area (Å²) in [6.45, 7) is 3.62. The van der Waals surface area contributed by atoms with Gasteiger partial charge in [0.1, 0.15) is 12.1 Å². The molecule has 30 heavy (non-hydrogen) atoms. The van der Waals surface area contributed by atoms with Crippen LogP contribution in [0.5, 0.6) is 0 Å². The fraction of sp³-hybridized carbons (Fsp3) is 0.208. The predicted molar refractivity (Wildman–Crippen MR) is 118 cm³/mol. The highest BCUT2D eigenvalue weighted by molar-refractivity contribution is 7.64. The molecule has 0 saturated heterocycles. The van der Waals surface area contributed by atoms with Crippen LogP contribution < -0.4 is 5.30 Å². The molecule has 0 bridgehead atoms. The molecule has 3 aromatic rings. The number of hydrogen-bond acceptors (Lipinski definition) is 3. The van der Waals surface area contributed by atoms with E-state index in [0.717, 1.165) is 22.3 Å². The number of nitrogens with zero attached hydrogens (tertiary/aromatic N) is 1. The molecular weight excluding hydrogens is 397 g/mol. The van der Waals surface area contributed by atoms with Crippen LogP contribution in [0.2, 0.25) is 0 Å². The second-order valence-electron chi connectivity index (χ2n) is 7.29. The second kappa shape index (κ2) is 8.19. The lowest BCUT2D eigenvalue weighted by molar-refractivity contribution is -0.141. The average Bonchev–Trinajstić information content (AvgIpc) is 3.08. The van der Waals surface area contributed by atoms with Crippen molar-refractivity contribution < 1.29 is 19.0 Å². The number of likely N-dealkylation sites (N-methyl/N-ethyl adjacent to an activating group) is 1. The first kappa shape index (κ1) is 20.5. The van der Waals surface area contributed by atoms with Crippen LogP contribution in [0.3, 0.4) is 0 Å². The number of carboxylic acids is 1. The van der Waals surface area contributed by atoms with Gasteiger partial charge in [0, 0.05) is 6.54 Å². The van der Waals surface area contributed by atoms with E-state index in [1.165, 1.54) is 4.67 Å². The Kier molecular flexibility index (Phi) is 5.61. The zero-order valence-corrected chi connectivity index (χ0v) is 17.8. The minimum atomic E-state index is -3.70. The van der Waals surface area contributed by atoms with Gasteiger partial charge < -0.3 is 9.63 Å². The van der Waals surface area contributed by atoms with Gasteiger partial charge in [-0.2, -0.15) is 0 Å². The first-order chi connectivity index (χ1) is 14.5. The number of fused-ring (bicyclic) bond motifs is 3. The molecule has 1 aliphatic rings. The zero-order valence-electron chi connectivity index (χ0n) is 16.9. The van der Waals surface area contributed by atoms with Gasteiger partial charge >= 0.3 is 13.5 Å². The summed E-state index contributed by atoms with van der Waals surface area (Å²) in [5.74, 6) is -1.04. The van der Waals surface area contributed by atoms with Crippen LogP contribution in [-0.2, 0) is 13.9 Å². The molecule has 0 saturated carbocycles. The van der Waals surface area contributed by atoms with Crippen molar-refractivity contribution >= 4 is 18.8 Å². The summed E-state index contributed by atoms with van der Waals surface area (Å²) in [7, 11) is -3.70. The quantitative estimate of drug-likeness (QED) is 0.539. The zero-order chi connectivity index (χ0) is 21.3. The van der Waals surface area contributed by atoms with Crippen molar-refractivity contribution in [2.75, 3.05) is 6.54 Å². The Morgan fingerprint density at radius 1 is 0.967 bits per heavy atom. The maximum Gasteiger partial charge on any atom is 0.321 e. The van der Waals surface area contributed by atoms with E-state index in [0.29, 0.717) is 5.30 Å². The Hall–Kier alpha value is -2.72. The molecule has 0 spiro atoms. The van der Waals surface area contributed by atoms with Gasteiger partial charge in [-0.25, -0.2) is 4.67 Å². The van der Waals surface area contributed by atoms with Gasteiger partial charge in [0.15, 0.2) is 0 Å². The topological polar surface area (TPSA) is 66.8 Å². The Morgan fingerprint density at radius 3 is 1.97 bits per heavy atom. The molecule has 6 heteroatoms. The number of carbonyl (C=O) groups is 1. The van der Waals surface area contributed by atoms with Crippen LogP contribution in [-0.4, -0.2) is 28.3 Å². The first-order valence-corrected chi connectivity index (χ1v) is 11.6. The van der Waals surface area contributed by atoms with E-state index in [9.17, 15) is 14.5 Å². The SMILES string of the molecule is CCN([C@@H](C)C(=O)O)[P@@](=O)(OC1c2ccccc2-c2ccccc21)c1ccccc1. The van der Waals surface area contributed by atoms with Gasteiger partial charge in [0.05, 0.1) is 5.30 Å². The standard InChI is InChI=1S/C24H24NO4P/c1-3-25(17(2)24(26)27)30(28,18-11-5-4-6-12-18)29-23-21-15-9-7-13-19(21)20-14-8-10-16-22(20)23/h4-17,23H,3H2,1-2H3,(H,26,27)/t17-,30-/m0/s1. The van der Waals surface area contributed by atoms with E-state index in [4.69, 9.17) is 4.52 Å². The lowest BCUT2D eigenvalue weighted by Crippen LogP contribution is -2.40. The van der Waals surface area contributed by atoms with Crippen LogP contribution in [0, 0.1) is 0 Å². The van der Waals surface area contributed by atoms with E-state index in [1.807, 2.05) is 54.6 Å². The van der Waals surface area contributed by atoms with E-state index < -0.39 is 25.6 Å². The molecule has 0 unspecified atom stereocenters. The smallest absolute Gasteiger partial charge is 0.321 e. The van der Waals surface area contributed by atoms with Crippen molar-refractivity contribution in [3.63, 3.8) is 0 Å². The van der Waals surface area contributed by atoms with Crippen LogP contribution in [0.1, 0.15) is 31.1 Å². The van der Waals surface area contributed by atoms with E-state index in [1.54, 1.807) is 38.1 Å². The fourth-order valence-corrected chi connectivity index (χ4v) is 6.60. The van der Waals surface area contributed by atoms with Crippen molar-refractivity contribution in [3.8, 4) is 11.1 Å². The molecule has 5 nitrogen and oxygen atoms in total. The second-order valence-corrected chi connectivity index (χ2v) is 9.57. The van der Waals surface area contributed by atoms with E-state index >= 15 is 0 Å². The summed E-state index contributed by atoms with van der Waals surface area (Å²) in [6.07, 6.45) is -0.543. The molecule has 0 aromatic heterocycles. The van der Waals surface area contributed by atoms with Crippen molar-refractivity contribution in [2.24, 2.45) is 0 Å². The van der Waals surface area contributed by atoms with Crippen molar-refractivity contribution in [1.82, 2.24) is 4.67 Å². The molecule has 1 aliphatic carbocycles. The summed E-state index contributed by atoms with van der Waals surface area (Å²) in [4.78, 5) is 11.8. The molecule has 1 N–H and O–H groups in total. The summed E-state index contributed by atoms with van der Waals surface area (Å²) in [5, 5.41) is 10.1. The highest BCUT2D eigenvalue weighted by Gasteiger charge is 2.43. The lowest BCUT2D eigenvalue weighted by Gasteiger charge is -2.35. The molecular formula is C24H24NO4P. The normalized spacial score (nSPS) is 16.0. The maximum atomic E-state index is 14.5. The van der Waals surface area contributed by atoms with Crippen molar-refractivity contribution in [3.05, 3.63) is 90.0 Å². The van der Waals surface area contributed by atoms with Gasteiger partial charge in [-0.15, -0.1) is 0 Å². The van der Waals surface area contributed by atoms with E-state index in [2.05, 4.69) is 0 Å². The number of benzene rings is 3. The molecule has 2 atom stereocenters. The molecule has 3 aromatic carbocycles. The van der Waals surface area contributed by atoms with Crippen LogP contribution in [0.25, 0.3) is 11.1 Å². The number of aliphatic carboxylic acids is 1. The third kappa shape index (κ3) is 3.39. The number of rotatable bonds is 7. The van der Waals surface area contributed by atoms with Crippen LogP contribution in [0.15, 0.2) is 78.9 Å². The van der Waals surface area contributed by atoms with Crippen LogP contribution >= 0.6 is 7.52 Å². The molecule has 0 radical (unpaired) electrons. The summed E-state index contributed by atoms with van der Waals surface area (Å²) in [6, 6.07) is 23.8. The van der Waals surface area contributed by atoms with E-state index in [-0.39, 0.29) is 6.54 Å². The Morgan fingerprint density at radius 2 is 1.47 bits per heavy atom. The van der Waals surface area contributed by atoms with Gasteiger partial charge in [-0.1, -0.05) is 73.7 Å². The molecule has 4 rings (SSSR count). The molecule has 154 valence electrons. The fourth-order valence-electron chi connectivity index (χ4n) is 4.07. The summed E-state index contributed by atoms with van der Waals surface area (Å²) in [5.41, 5.74) is 3.97. The predicted octanol–water partition coefficient (Wildman–Crippen LogP) is 5.09. The summed E-state index contributed by atoms with van der Waals surface area (Å²) >= 11 is 0. The van der Waals surface area contributed by atoms with Crippen molar-refractivity contribution in [2.45, 2.75) is 26.0 Å². The average molecular weight is 421 g/mol. The lowest BCUT2D eigenvalue weighted by atomic mass is 10.1. The first-order valence-electron chi connectivity index (χ1n) is 9.99. The minimum absolute atomic E-state index is 0.273. The van der Waals surface area contributed by atoms with Gasteiger partial charge in [-0.3, -0.25) is 9.36 Å². The minimum Gasteiger partial charge on any atom is -0.480 e. The highest BCUT2D eigenvalue weighted by atomic mass is 31.2.